The minimum atomic E-state index is -3.62. The quantitative estimate of drug-likeness (QED) is 0.679. The summed E-state index contributed by atoms with van der Waals surface area (Å²) in [4.78, 5) is 14.5. The number of hydrogen-bond donors (Lipinski definition) is 1. The molecule has 1 N–H and O–H groups in total. The van der Waals surface area contributed by atoms with Crippen LogP contribution in [0.4, 0.5) is 0 Å². The molecule has 0 atom stereocenters. The molecule has 9 nitrogen and oxygen atoms in total. The number of nitrogens with one attached hydrogen (secondary N) is 1. The lowest BCUT2D eigenvalue weighted by Crippen LogP contribution is -2.43. The van der Waals surface area contributed by atoms with Crippen molar-refractivity contribution in [2.75, 3.05) is 40.3 Å². The average molecular weight is 423 g/mol. The molecule has 0 aliphatic carbocycles. The predicted octanol–water partition coefficient (Wildman–Crippen LogP) is 0.920. The monoisotopic (exact) mass is 422 g/mol. The summed E-state index contributed by atoms with van der Waals surface area (Å²) in [5.74, 6) is -0.127. The number of carbonyl (C=O) groups excluding carboxylic acids is 1. The van der Waals surface area contributed by atoms with Crippen LogP contribution in [0.1, 0.15) is 26.2 Å². The summed E-state index contributed by atoms with van der Waals surface area (Å²) in [6, 6.07) is 4.97. The maximum atomic E-state index is 13.1. The zero-order chi connectivity index (χ0) is 21.0. The van der Waals surface area contributed by atoms with E-state index in [-0.39, 0.29) is 16.7 Å². The van der Waals surface area contributed by atoms with Gasteiger partial charge in [0.2, 0.25) is 15.9 Å². The van der Waals surface area contributed by atoms with E-state index in [1.54, 1.807) is 22.9 Å². The Morgan fingerprint density at radius 2 is 2.00 bits per heavy atom. The molecule has 0 unspecified atom stereocenters. The molecule has 1 amide bonds. The Balaban J connectivity index is 1.64. The van der Waals surface area contributed by atoms with Gasteiger partial charge in [-0.15, -0.1) is 5.10 Å². The van der Waals surface area contributed by atoms with Crippen molar-refractivity contribution in [1.29, 1.82) is 0 Å². The second-order valence-electron chi connectivity index (χ2n) is 7.74. The van der Waals surface area contributed by atoms with Crippen molar-refractivity contribution in [3.63, 3.8) is 0 Å². The van der Waals surface area contributed by atoms with Crippen LogP contribution in [0.25, 0.3) is 11.0 Å². The Hall–Kier alpha value is -2.04. The van der Waals surface area contributed by atoms with Crippen molar-refractivity contribution in [2.45, 2.75) is 37.6 Å². The normalized spacial score (nSPS) is 16.6. The molecule has 2 aromatic rings. The SMILES string of the molecule is CCCn1nnc2cc(S(=O)(=O)N3CCC(C(=O)NCCN(C)C)CC3)ccc21. The number of fused-ring (bicyclic) bond motifs is 1. The molecule has 1 saturated heterocycles. The molecule has 1 aliphatic heterocycles. The smallest absolute Gasteiger partial charge is 0.243 e. The van der Waals surface area contributed by atoms with Gasteiger partial charge in [0.15, 0.2) is 0 Å². The number of nitrogens with zero attached hydrogens (tertiary/aromatic N) is 5. The minimum Gasteiger partial charge on any atom is -0.355 e. The fourth-order valence-corrected chi connectivity index (χ4v) is 5.03. The number of benzene rings is 1. The molecule has 2 heterocycles. The lowest BCUT2D eigenvalue weighted by Gasteiger charge is -2.30. The summed E-state index contributed by atoms with van der Waals surface area (Å²) in [7, 11) is 0.295. The second kappa shape index (κ2) is 9.19. The zero-order valence-electron chi connectivity index (χ0n) is 17.3. The first-order chi connectivity index (χ1) is 13.8. The van der Waals surface area contributed by atoms with E-state index < -0.39 is 10.0 Å². The van der Waals surface area contributed by atoms with Crippen LogP contribution in [-0.4, -0.2) is 78.8 Å². The third-order valence-corrected chi connectivity index (χ3v) is 7.14. The van der Waals surface area contributed by atoms with E-state index in [1.807, 2.05) is 19.0 Å². The summed E-state index contributed by atoms with van der Waals surface area (Å²) >= 11 is 0. The number of likely N-dealkylation sites (N-methyl/N-ethyl adjacent to an activating group) is 1. The lowest BCUT2D eigenvalue weighted by molar-refractivity contribution is -0.126. The number of piperidine rings is 1. The molecule has 1 aromatic heterocycles. The third kappa shape index (κ3) is 4.93. The van der Waals surface area contributed by atoms with Crippen LogP contribution in [-0.2, 0) is 21.4 Å². The van der Waals surface area contributed by atoms with Crippen LogP contribution in [0.5, 0.6) is 0 Å². The number of amides is 1. The number of carbonyl (C=O) groups is 1. The number of sulfonamides is 1. The maximum Gasteiger partial charge on any atom is 0.243 e. The highest BCUT2D eigenvalue weighted by molar-refractivity contribution is 7.89. The third-order valence-electron chi connectivity index (χ3n) is 5.24. The van der Waals surface area contributed by atoms with Crippen LogP contribution >= 0.6 is 0 Å². The van der Waals surface area contributed by atoms with Gasteiger partial charge >= 0.3 is 0 Å². The number of aromatic nitrogens is 3. The van der Waals surface area contributed by atoms with Crippen LogP contribution in [0.15, 0.2) is 23.1 Å². The van der Waals surface area contributed by atoms with Crippen LogP contribution in [0.2, 0.25) is 0 Å². The van der Waals surface area contributed by atoms with Crippen molar-refractivity contribution < 1.29 is 13.2 Å². The fraction of sp³-hybridized carbons (Fsp3) is 0.632. The molecule has 160 valence electrons. The van der Waals surface area contributed by atoms with Crippen LogP contribution < -0.4 is 5.32 Å². The van der Waals surface area contributed by atoms with Gasteiger partial charge in [-0.25, -0.2) is 13.1 Å². The molecule has 1 fully saturated rings. The molecule has 0 spiro atoms. The first-order valence-electron chi connectivity index (χ1n) is 10.1. The van der Waals surface area contributed by atoms with E-state index in [0.29, 0.717) is 38.0 Å². The van der Waals surface area contributed by atoms with Gasteiger partial charge in [0, 0.05) is 38.6 Å². The van der Waals surface area contributed by atoms with Gasteiger partial charge in [-0.3, -0.25) is 4.79 Å². The highest BCUT2D eigenvalue weighted by atomic mass is 32.2. The zero-order valence-corrected chi connectivity index (χ0v) is 18.2. The Kier molecular flexibility index (Phi) is 6.86. The summed E-state index contributed by atoms with van der Waals surface area (Å²) in [6.07, 6.45) is 1.99. The van der Waals surface area contributed by atoms with E-state index >= 15 is 0 Å². The molecule has 0 bridgehead atoms. The van der Waals surface area contributed by atoms with Gasteiger partial charge in [0.1, 0.15) is 5.52 Å². The maximum absolute atomic E-state index is 13.1. The van der Waals surface area contributed by atoms with E-state index in [0.717, 1.165) is 25.0 Å². The second-order valence-corrected chi connectivity index (χ2v) is 9.67. The average Bonchev–Trinajstić information content (AvgIpc) is 3.10. The summed E-state index contributed by atoms with van der Waals surface area (Å²) in [5, 5.41) is 11.1. The molecular formula is C19H30N6O3S. The van der Waals surface area contributed by atoms with Crippen molar-refractivity contribution in [2.24, 2.45) is 5.92 Å². The van der Waals surface area contributed by atoms with Crippen LogP contribution in [0.3, 0.4) is 0 Å². The summed E-state index contributed by atoms with van der Waals surface area (Å²) < 4.78 is 29.4. The van der Waals surface area contributed by atoms with Gasteiger partial charge in [0.05, 0.1) is 10.4 Å². The highest BCUT2D eigenvalue weighted by Crippen LogP contribution is 2.25. The topological polar surface area (TPSA) is 100 Å². The van der Waals surface area contributed by atoms with E-state index in [1.165, 1.54) is 4.31 Å². The predicted molar refractivity (Wildman–Crippen MR) is 111 cm³/mol. The molecule has 10 heteroatoms. The van der Waals surface area contributed by atoms with Crippen molar-refractivity contribution in [3.05, 3.63) is 18.2 Å². The van der Waals surface area contributed by atoms with Gasteiger partial charge in [-0.1, -0.05) is 12.1 Å². The van der Waals surface area contributed by atoms with Gasteiger partial charge in [-0.2, -0.15) is 4.31 Å². The van der Waals surface area contributed by atoms with E-state index in [4.69, 9.17) is 0 Å². The van der Waals surface area contributed by atoms with Gasteiger partial charge in [0.25, 0.3) is 0 Å². The van der Waals surface area contributed by atoms with Gasteiger partial charge in [-0.05, 0) is 51.6 Å². The van der Waals surface area contributed by atoms with Crippen molar-refractivity contribution in [1.82, 2.24) is 29.5 Å². The Bertz CT molecular complexity index is 948. The number of aryl methyl sites for hydroxylation is 1. The highest BCUT2D eigenvalue weighted by Gasteiger charge is 2.32. The summed E-state index contributed by atoms with van der Waals surface area (Å²) in [5.41, 5.74) is 1.41. The van der Waals surface area contributed by atoms with Crippen molar-refractivity contribution >= 4 is 27.0 Å². The minimum absolute atomic E-state index is 0.0119. The van der Waals surface area contributed by atoms with Crippen molar-refractivity contribution in [3.8, 4) is 0 Å². The standard InChI is InChI=1S/C19H30N6O3S/c1-4-10-25-18-6-5-16(14-17(18)21-22-25)29(27,28)24-11-7-15(8-12-24)19(26)20-9-13-23(2)3/h5-6,14-15H,4,7-13H2,1-3H3,(H,20,26). The van der Waals surface area contributed by atoms with E-state index in [2.05, 4.69) is 22.6 Å². The lowest BCUT2D eigenvalue weighted by atomic mass is 9.97. The molecule has 29 heavy (non-hydrogen) atoms. The summed E-state index contributed by atoms with van der Waals surface area (Å²) in [6.45, 7) is 4.86. The Labute approximate surface area is 172 Å². The molecule has 1 aliphatic rings. The van der Waals surface area contributed by atoms with Gasteiger partial charge < -0.3 is 10.2 Å². The first kappa shape index (κ1) is 21.7. The molecule has 1 aromatic carbocycles. The molecular weight excluding hydrogens is 392 g/mol. The number of rotatable bonds is 8. The fourth-order valence-electron chi connectivity index (χ4n) is 3.54. The number of hydrogen-bond acceptors (Lipinski definition) is 6. The van der Waals surface area contributed by atoms with Crippen LogP contribution in [0, 0.1) is 5.92 Å². The Morgan fingerprint density at radius 1 is 1.28 bits per heavy atom. The largest absolute Gasteiger partial charge is 0.355 e. The molecule has 3 rings (SSSR count). The Morgan fingerprint density at radius 3 is 2.66 bits per heavy atom. The first-order valence-corrected chi connectivity index (χ1v) is 11.5. The molecule has 0 saturated carbocycles. The molecule has 0 radical (unpaired) electrons. The van der Waals surface area contributed by atoms with E-state index in [9.17, 15) is 13.2 Å².